The quantitative estimate of drug-likeness (QED) is 0.497. The van der Waals surface area contributed by atoms with Crippen LogP contribution in [0.5, 0.6) is 11.5 Å². The van der Waals surface area contributed by atoms with Gasteiger partial charge in [-0.1, -0.05) is 11.8 Å². The lowest BCUT2D eigenvalue weighted by molar-refractivity contribution is -0.113. The molecule has 144 valence electrons. The summed E-state index contributed by atoms with van der Waals surface area (Å²) in [6.45, 7) is 1.88. The molecule has 0 bridgehead atoms. The molecular weight excluding hydrogens is 380 g/mol. The van der Waals surface area contributed by atoms with Gasteiger partial charge in [0.25, 0.3) is 0 Å². The molecule has 3 aromatic heterocycles. The van der Waals surface area contributed by atoms with Crippen molar-refractivity contribution in [1.29, 1.82) is 0 Å². The second-order valence-electron chi connectivity index (χ2n) is 5.99. The largest absolute Gasteiger partial charge is 0.493 e. The van der Waals surface area contributed by atoms with Crippen molar-refractivity contribution in [2.24, 2.45) is 0 Å². The number of fused-ring (bicyclic) bond motifs is 3. The first-order chi connectivity index (χ1) is 13.6. The van der Waals surface area contributed by atoms with Crippen molar-refractivity contribution in [1.82, 2.24) is 14.6 Å². The lowest BCUT2D eigenvalue weighted by Crippen LogP contribution is -2.14. The van der Waals surface area contributed by atoms with E-state index in [-0.39, 0.29) is 11.7 Å². The zero-order valence-electron chi connectivity index (χ0n) is 15.6. The van der Waals surface area contributed by atoms with Crippen molar-refractivity contribution in [3.8, 4) is 11.5 Å². The van der Waals surface area contributed by atoms with Gasteiger partial charge in [0, 0.05) is 23.9 Å². The fourth-order valence-electron chi connectivity index (χ4n) is 2.99. The molecule has 9 heteroatoms. The predicted octanol–water partition coefficient (Wildman–Crippen LogP) is 3.53. The van der Waals surface area contributed by atoms with Crippen molar-refractivity contribution in [3.63, 3.8) is 0 Å². The summed E-state index contributed by atoms with van der Waals surface area (Å²) in [5.74, 6) is 1.94. The van der Waals surface area contributed by atoms with Crippen molar-refractivity contribution in [2.45, 2.75) is 11.9 Å². The molecule has 0 spiro atoms. The number of hydrogen-bond acceptors (Lipinski definition) is 7. The summed E-state index contributed by atoms with van der Waals surface area (Å²) in [6.07, 6.45) is 1.64. The summed E-state index contributed by atoms with van der Waals surface area (Å²) in [7, 11) is 3.11. The SMILES string of the molecule is COc1ccc(NC(=O)CSc2nnc(C)n3c2cc2occc23)cc1OC. The van der Waals surface area contributed by atoms with Crippen molar-refractivity contribution >= 4 is 40.0 Å². The van der Waals surface area contributed by atoms with Crippen molar-refractivity contribution in [2.75, 3.05) is 25.3 Å². The lowest BCUT2D eigenvalue weighted by atomic mass is 10.2. The first-order valence-electron chi connectivity index (χ1n) is 8.47. The van der Waals surface area contributed by atoms with Gasteiger partial charge in [0.2, 0.25) is 5.91 Å². The molecule has 0 fully saturated rings. The molecule has 1 N–H and O–H groups in total. The number of nitrogens with zero attached hydrogens (tertiary/aromatic N) is 3. The Balaban J connectivity index is 1.50. The molecule has 8 nitrogen and oxygen atoms in total. The molecule has 0 aliphatic heterocycles. The molecule has 4 rings (SSSR count). The smallest absolute Gasteiger partial charge is 0.234 e. The molecule has 28 heavy (non-hydrogen) atoms. The first-order valence-corrected chi connectivity index (χ1v) is 9.46. The van der Waals surface area contributed by atoms with Gasteiger partial charge in [-0.3, -0.25) is 9.20 Å². The Hall–Kier alpha value is -3.20. The van der Waals surface area contributed by atoms with Crippen molar-refractivity contribution < 1.29 is 18.7 Å². The van der Waals surface area contributed by atoms with Crippen LogP contribution < -0.4 is 14.8 Å². The van der Waals surface area contributed by atoms with Crippen molar-refractivity contribution in [3.05, 3.63) is 42.4 Å². The van der Waals surface area contributed by atoms with Crippen LogP contribution in [0.3, 0.4) is 0 Å². The molecule has 0 radical (unpaired) electrons. The van der Waals surface area contributed by atoms with E-state index in [2.05, 4.69) is 15.5 Å². The lowest BCUT2D eigenvalue weighted by Gasteiger charge is -2.10. The maximum absolute atomic E-state index is 12.4. The summed E-state index contributed by atoms with van der Waals surface area (Å²) >= 11 is 1.32. The van der Waals surface area contributed by atoms with E-state index in [0.717, 1.165) is 22.4 Å². The van der Waals surface area contributed by atoms with E-state index >= 15 is 0 Å². The number of nitrogens with one attached hydrogen (secondary N) is 1. The molecule has 3 heterocycles. The van der Waals surface area contributed by atoms with Gasteiger partial charge >= 0.3 is 0 Å². The number of carbonyl (C=O) groups excluding carboxylic acids is 1. The highest BCUT2D eigenvalue weighted by atomic mass is 32.2. The van der Waals surface area contributed by atoms with Gasteiger partial charge in [-0.25, -0.2) is 0 Å². The van der Waals surface area contributed by atoms with E-state index in [1.807, 2.05) is 23.5 Å². The third kappa shape index (κ3) is 3.24. The second kappa shape index (κ2) is 7.43. The molecular formula is C19H18N4O4S. The van der Waals surface area contributed by atoms with E-state index in [0.29, 0.717) is 22.2 Å². The third-order valence-electron chi connectivity index (χ3n) is 4.26. The topological polar surface area (TPSA) is 90.9 Å². The number of benzene rings is 1. The number of thioether (sulfide) groups is 1. The summed E-state index contributed by atoms with van der Waals surface area (Å²) in [4.78, 5) is 12.4. The normalized spacial score (nSPS) is 11.1. The number of ether oxygens (including phenoxy) is 2. The fourth-order valence-corrected chi connectivity index (χ4v) is 3.73. The van der Waals surface area contributed by atoms with Gasteiger partial charge < -0.3 is 19.2 Å². The van der Waals surface area contributed by atoms with E-state index in [9.17, 15) is 4.79 Å². The number of methoxy groups -OCH3 is 2. The van der Waals surface area contributed by atoms with E-state index in [1.165, 1.54) is 11.8 Å². The van der Waals surface area contributed by atoms with Gasteiger partial charge in [-0.15, -0.1) is 10.2 Å². The summed E-state index contributed by atoms with van der Waals surface area (Å²) in [6, 6.07) is 9.01. The van der Waals surface area contributed by atoms with Crippen LogP contribution in [-0.4, -0.2) is 40.5 Å². The highest BCUT2D eigenvalue weighted by Gasteiger charge is 2.15. The van der Waals surface area contributed by atoms with Gasteiger partial charge in [0.05, 0.1) is 37.3 Å². The monoisotopic (exact) mass is 398 g/mol. The van der Waals surface area contributed by atoms with Crippen LogP contribution in [0.25, 0.3) is 16.6 Å². The highest BCUT2D eigenvalue weighted by molar-refractivity contribution is 8.00. The Morgan fingerprint density at radius 2 is 1.96 bits per heavy atom. The Morgan fingerprint density at radius 3 is 2.75 bits per heavy atom. The average molecular weight is 398 g/mol. The van der Waals surface area contributed by atoms with Gasteiger partial charge in [0.15, 0.2) is 17.1 Å². The average Bonchev–Trinajstić information content (AvgIpc) is 3.29. The summed E-state index contributed by atoms with van der Waals surface area (Å²) in [5, 5.41) is 12.0. The summed E-state index contributed by atoms with van der Waals surface area (Å²) < 4.78 is 17.9. The number of carbonyl (C=O) groups is 1. The Kier molecular flexibility index (Phi) is 4.82. The minimum atomic E-state index is -0.159. The van der Waals surface area contributed by atoms with Crippen LogP contribution >= 0.6 is 11.8 Å². The number of anilines is 1. The van der Waals surface area contributed by atoms with E-state index < -0.39 is 0 Å². The minimum absolute atomic E-state index is 0.159. The number of aryl methyl sites for hydroxylation is 1. The molecule has 0 aliphatic carbocycles. The Morgan fingerprint density at radius 1 is 1.14 bits per heavy atom. The molecule has 4 aromatic rings. The van der Waals surface area contributed by atoms with Crippen LogP contribution in [0.4, 0.5) is 5.69 Å². The highest BCUT2D eigenvalue weighted by Crippen LogP contribution is 2.31. The maximum Gasteiger partial charge on any atom is 0.234 e. The third-order valence-corrected chi connectivity index (χ3v) is 5.23. The van der Waals surface area contributed by atoms with E-state index in [4.69, 9.17) is 13.9 Å². The minimum Gasteiger partial charge on any atom is -0.493 e. The predicted molar refractivity (Wildman–Crippen MR) is 106 cm³/mol. The van der Waals surface area contributed by atoms with Crippen LogP contribution in [0.15, 0.2) is 46.0 Å². The van der Waals surface area contributed by atoms with Gasteiger partial charge in [-0.2, -0.15) is 0 Å². The van der Waals surface area contributed by atoms with Crippen LogP contribution in [0, 0.1) is 6.92 Å². The first kappa shape index (κ1) is 18.2. The van der Waals surface area contributed by atoms with Gasteiger partial charge in [-0.05, 0) is 19.1 Å². The van der Waals surface area contributed by atoms with Gasteiger partial charge in [0.1, 0.15) is 10.9 Å². The molecule has 1 aromatic carbocycles. The number of rotatable bonds is 6. The number of hydrogen-bond donors (Lipinski definition) is 1. The zero-order valence-corrected chi connectivity index (χ0v) is 16.4. The number of furan rings is 1. The Labute approximate surface area is 164 Å². The zero-order chi connectivity index (χ0) is 19.7. The van der Waals surface area contributed by atoms with Crippen LogP contribution in [0.1, 0.15) is 5.82 Å². The molecule has 0 unspecified atom stereocenters. The molecule has 0 aliphatic rings. The summed E-state index contributed by atoms with van der Waals surface area (Å²) in [5.41, 5.74) is 3.18. The standard InChI is InChI=1S/C19H18N4O4S/c1-11-21-22-19(14-9-16-13(23(11)14)6-7-27-16)28-10-18(24)20-12-4-5-15(25-2)17(8-12)26-3/h4-9H,10H2,1-3H3,(H,20,24). The van der Waals surface area contributed by atoms with Crippen LogP contribution in [-0.2, 0) is 4.79 Å². The molecule has 1 amide bonds. The molecule has 0 saturated heterocycles. The fraction of sp³-hybridized carbons (Fsp3) is 0.211. The number of amides is 1. The Bertz CT molecular complexity index is 1170. The maximum atomic E-state index is 12.4. The number of aromatic nitrogens is 3. The van der Waals surface area contributed by atoms with E-state index in [1.54, 1.807) is 38.7 Å². The molecule has 0 atom stereocenters. The second-order valence-corrected chi connectivity index (χ2v) is 6.96. The molecule has 0 saturated carbocycles. The van der Waals surface area contributed by atoms with Crippen LogP contribution in [0.2, 0.25) is 0 Å².